The second-order valence-electron chi connectivity index (χ2n) is 5.21. The van der Waals surface area contributed by atoms with Gasteiger partial charge in [-0.25, -0.2) is 4.79 Å². The number of hydrogen-bond donors (Lipinski definition) is 1. The van der Waals surface area contributed by atoms with E-state index in [1.165, 1.54) is 0 Å². The molecule has 0 aromatic rings. The first kappa shape index (κ1) is 15.2. The first-order valence-corrected chi connectivity index (χ1v) is 6.69. The van der Waals surface area contributed by atoms with Crippen LogP contribution in [0.3, 0.4) is 0 Å². The maximum Gasteiger partial charge on any atom is 0.317 e. The number of rotatable bonds is 5. The van der Waals surface area contributed by atoms with Gasteiger partial charge in [0.1, 0.15) is 0 Å². The van der Waals surface area contributed by atoms with Gasteiger partial charge in [-0.3, -0.25) is 0 Å². The Morgan fingerprint density at radius 1 is 1.61 bits per heavy atom. The maximum atomic E-state index is 12.1. The summed E-state index contributed by atoms with van der Waals surface area (Å²) in [6.45, 7) is 8.74. The fourth-order valence-corrected chi connectivity index (χ4v) is 1.99. The molecule has 0 radical (unpaired) electrons. The molecule has 1 saturated heterocycles. The van der Waals surface area contributed by atoms with E-state index in [2.05, 4.69) is 19.2 Å². The average Bonchev–Trinajstić information content (AvgIpc) is 2.36. The number of morpholine rings is 1. The van der Waals surface area contributed by atoms with Gasteiger partial charge < -0.3 is 19.7 Å². The normalized spacial score (nSPS) is 25.9. The zero-order valence-electron chi connectivity index (χ0n) is 12.0. The van der Waals surface area contributed by atoms with Crippen molar-refractivity contribution in [3.05, 3.63) is 0 Å². The Morgan fingerprint density at radius 2 is 2.33 bits per heavy atom. The zero-order valence-corrected chi connectivity index (χ0v) is 12.0. The summed E-state index contributed by atoms with van der Waals surface area (Å²) >= 11 is 0. The van der Waals surface area contributed by atoms with Crippen LogP contribution in [-0.2, 0) is 9.47 Å². The van der Waals surface area contributed by atoms with Crippen LogP contribution in [0.5, 0.6) is 0 Å². The lowest BCUT2D eigenvalue weighted by atomic mass is 10.0. The Labute approximate surface area is 110 Å². The molecule has 0 aromatic carbocycles. The van der Waals surface area contributed by atoms with E-state index in [0.717, 1.165) is 12.8 Å². The molecule has 0 saturated carbocycles. The van der Waals surface area contributed by atoms with Gasteiger partial charge in [-0.05, 0) is 26.7 Å². The molecule has 1 heterocycles. The molecule has 2 amide bonds. The fourth-order valence-electron chi connectivity index (χ4n) is 1.99. The van der Waals surface area contributed by atoms with Gasteiger partial charge in [0.25, 0.3) is 0 Å². The van der Waals surface area contributed by atoms with Crippen molar-refractivity contribution in [2.24, 2.45) is 0 Å². The molecule has 5 heteroatoms. The summed E-state index contributed by atoms with van der Waals surface area (Å²) in [7, 11) is 1.67. The summed E-state index contributed by atoms with van der Waals surface area (Å²) in [5.74, 6) is 0. The number of carbonyl (C=O) groups is 1. The van der Waals surface area contributed by atoms with Gasteiger partial charge in [0, 0.05) is 26.3 Å². The highest BCUT2D eigenvalue weighted by Crippen LogP contribution is 2.20. The number of hydrogen-bond acceptors (Lipinski definition) is 3. The zero-order chi connectivity index (χ0) is 13.6. The largest absolute Gasteiger partial charge is 0.385 e. The topological polar surface area (TPSA) is 50.8 Å². The van der Waals surface area contributed by atoms with Crippen LogP contribution in [0.2, 0.25) is 0 Å². The van der Waals surface area contributed by atoms with Crippen LogP contribution in [0.1, 0.15) is 33.6 Å². The first-order valence-electron chi connectivity index (χ1n) is 6.69. The predicted octanol–water partition coefficient (Wildman–Crippen LogP) is 1.62. The minimum atomic E-state index is -0.203. The first-order chi connectivity index (χ1) is 8.50. The van der Waals surface area contributed by atoms with Crippen LogP contribution in [0.25, 0.3) is 0 Å². The molecule has 0 bridgehead atoms. The van der Waals surface area contributed by atoms with Crippen molar-refractivity contribution < 1.29 is 14.3 Å². The number of nitrogens with zero attached hydrogens (tertiary/aromatic N) is 1. The highest BCUT2D eigenvalue weighted by molar-refractivity contribution is 5.74. The van der Waals surface area contributed by atoms with E-state index >= 15 is 0 Å². The smallest absolute Gasteiger partial charge is 0.317 e. The third-order valence-corrected chi connectivity index (χ3v) is 3.50. The van der Waals surface area contributed by atoms with E-state index in [1.807, 2.05) is 11.8 Å². The van der Waals surface area contributed by atoms with Gasteiger partial charge in [-0.1, -0.05) is 6.92 Å². The lowest BCUT2D eigenvalue weighted by Gasteiger charge is -2.40. The average molecular weight is 258 g/mol. The van der Waals surface area contributed by atoms with E-state index in [0.29, 0.717) is 26.3 Å². The molecule has 1 N–H and O–H groups in total. The Hall–Kier alpha value is -0.810. The van der Waals surface area contributed by atoms with Crippen LogP contribution >= 0.6 is 0 Å². The quantitative estimate of drug-likeness (QED) is 0.815. The van der Waals surface area contributed by atoms with E-state index in [-0.39, 0.29) is 17.7 Å². The lowest BCUT2D eigenvalue weighted by Crippen LogP contribution is -2.55. The predicted molar refractivity (Wildman–Crippen MR) is 70.7 cm³/mol. The van der Waals surface area contributed by atoms with E-state index in [4.69, 9.17) is 9.47 Å². The van der Waals surface area contributed by atoms with E-state index in [1.54, 1.807) is 7.11 Å². The second kappa shape index (κ2) is 6.95. The van der Waals surface area contributed by atoms with Crippen molar-refractivity contribution in [2.45, 2.75) is 45.3 Å². The number of urea groups is 1. The molecule has 1 aliphatic rings. The third-order valence-electron chi connectivity index (χ3n) is 3.50. The number of carbonyl (C=O) groups excluding carboxylic acids is 1. The second-order valence-corrected chi connectivity index (χ2v) is 5.21. The number of ether oxygens (including phenoxy) is 2. The van der Waals surface area contributed by atoms with Crippen LogP contribution in [0.4, 0.5) is 4.79 Å². The molecule has 18 heavy (non-hydrogen) atoms. The lowest BCUT2D eigenvalue weighted by molar-refractivity contribution is -0.0874. The minimum absolute atomic E-state index is 0.00146. The molecule has 2 atom stereocenters. The fraction of sp³-hybridized carbons (Fsp3) is 0.923. The molecule has 1 fully saturated rings. The summed E-state index contributed by atoms with van der Waals surface area (Å²) in [6, 6.07) is 0.134. The van der Waals surface area contributed by atoms with Crippen LogP contribution in [0, 0.1) is 0 Å². The number of amides is 2. The highest BCUT2D eigenvalue weighted by atomic mass is 16.5. The molecule has 0 spiro atoms. The van der Waals surface area contributed by atoms with Gasteiger partial charge in [0.05, 0.1) is 18.8 Å². The summed E-state index contributed by atoms with van der Waals surface area (Å²) in [5, 5.41) is 3.00. The summed E-state index contributed by atoms with van der Waals surface area (Å²) < 4.78 is 10.7. The Balaban J connectivity index is 2.41. The molecule has 0 unspecified atom stereocenters. The van der Waals surface area contributed by atoms with Gasteiger partial charge in [0.2, 0.25) is 0 Å². The Bertz CT molecular complexity index is 273. The van der Waals surface area contributed by atoms with Crippen LogP contribution in [0.15, 0.2) is 0 Å². The van der Waals surface area contributed by atoms with Crippen LogP contribution in [-0.4, -0.2) is 56.0 Å². The van der Waals surface area contributed by atoms with Gasteiger partial charge in [0.15, 0.2) is 0 Å². The highest BCUT2D eigenvalue weighted by Gasteiger charge is 2.32. The standard InChI is InChI=1S/C13H26N2O3/c1-5-13(3)10-15(7-9-18-13)12(16)14-11(2)6-8-17-4/h11H,5-10H2,1-4H3,(H,14,16)/t11-,13-/m1/s1. The van der Waals surface area contributed by atoms with Crippen molar-refractivity contribution in [3.63, 3.8) is 0 Å². The number of methoxy groups -OCH3 is 1. The third kappa shape index (κ3) is 4.46. The SMILES string of the molecule is CC[C@]1(C)CN(C(=O)N[C@H](C)CCOC)CCO1. The van der Waals surface area contributed by atoms with Crippen LogP contribution < -0.4 is 5.32 Å². The van der Waals surface area contributed by atoms with E-state index in [9.17, 15) is 4.79 Å². The van der Waals surface area contributed by atoms with Crippen molar-refractivity contribution >= 4 is 6.03 Å². The molecule has 1 rings (SSSR count). The van der Waals surface area contributed by atoms with Gasteiger partial charge in [-0.2, -0.15) is 0 Å². The molecule has 0 aromatic heterocycles. The van der Waals surface area contributed by atoms with Crippen molar-refractivity contribution in [3.8, 4) is 0 Å². The van der Waals surface area contributed by atoms with Crippen molar-refractivity contribution in [2.75, 3.05) is 33.4 Å². The molecular formula is C13H26N2O3. The monoisotopic (exact) mass is 258 g/mol. The van der Waals surface area contributed by atoms with Crippen molar-refractivity contribution in [1.82, 2.24) is 10.2 Å². The Kier molecular flexibility index (Phi) is 5.88. The Morgan fingerprint density at radius 3 is 2.94 bits per heavy atom. The summed E-state index contributed by atoms with van der Waals surface area (Å²) in [6.07, 6.45) is 1.74. The van der Waals surface area contributed by atoms with E-state index < -0.39 is 0 Å². The minimum Gasteiger partial charge on any atom is -0.385 e. The summed E-state index contributed by atoms with van der Waals surface area (Å²) in [4.78, 5) is 13.9. The van der Waals surface area contributed by atoms with Gasteiger partial charge >= 0.3 is 6.03 Å². The molecular weight excluding hydrogens is 232 g/mol. The molecule has 106 valence electrons. The van der Waals surface area contributed by atoms with Gasteiger partial charge in [-0.15, -0.1) is 0 Å². The molecule has 5 nitrogen and oxygen atoms in total. The summed E-state index contributed by atoms with van der Waals surface area (Å²) in [5.41, 5.74) is -0.203. The number of nitrogens with one attached hydrogen (secondary N) is 1. The molecule has 1 aliphatic heterocycles. The maximum absolute atomic E-state index is 12.1. The van der Waals surface area contributed by atoms with Crippen molar-refractivity contribution in [1.29, 1.82) is 0 Å². The molecule has 0 aliphatic carbocycles.